The number of ether oxygens (including phenoxy) is 1. The number of rotatable bonds is 20. The quantitative estimate of drug-likeness (QED) is 0.191. The molecule has 0 aliphatic heterocycles. The lowest BCUT2D eigenvalue weighted by Crippen LogP contribution is -2.28. The van der Waals surface area contributed by atoms with Gasteiger partial charge in [0.15, 0.2) is 0 Å². The third kappa shape index (κ3) is 18.2. The van der Waals surface area contributed by atoms with Crippen molar-refractivity contribution in [1.29, 1.82) is 0 Å². The van der Waals surface area contributed by atoms with Crippen molar-refractivity contribution >= 4 is 24.4 Å². The van der Waals surface area contributed by atoms with Crippen molar-refractivity contribution in [1.82, 2.24) is 15.5 Å². The summed E-state index contributed by atoms with van der Waals surface area (Å²) < 4.78 is 5.30. The molecule has 0 fully saturated rings. The van der Waals surface area contributed by atoms with Gasteiger partial charge in [-0.2, -0.15) is 0 Å². The second-order valence-corrected chi connectivity index (χ2v) is 9.46. The predicted octanol–water partition coefficient (Wildman–Crippen LogP) is 6.72. The molecule has 6 nitrogen and oxygen atoms in total. The summed E-state index contributed by atoms with van der Waals surface area (Å²) in [5.74, 6) is -0.103. The topological polar surface area (TPSA) is 70.7 Å². The van der Waals surface area contributed by atoms with Gasteiger partial charge in [0.25, 0.3) is 5.91 Å². The van der Waals surface area contributed by atoms with E-state index in [0.717, 1.165) is 31.4 Å². The molecular weight excluding hydrogens is 462 g/mol. The molecule has 1 aromatic rings. The van der Waals surface area contributed by atoms with Crippen LogP contribution in [0.2, 0.25) is 0 Å². The van der Waals surface area contributed by atoms with Gasteiger partial charge in [-0.3, -0.25) is 4.79 Å². The summed E-state index contributed by atoms with van der Waals surface area (Å²) in [5, 5.41) is 5.76. The van der Waals surface area contributed by atoms with E-state index in [0.29, 0.717) is 18.7 Å². The number of nitrogens with zero attached hydrogens (tertiary/aromatic N) is 1. The zero-order valence-electron chi connectivity index (χ0n) is 22.4. The molecule has 1 rings (SSSR count). The van der Waals surface area contributed by atoms with E-state index in [9.17, 15) is 9.59 Å². The van der Waals surface area contributed by atoms with Crippen LogP contribution in [-0.4, -0.2) is 50.6 Å². The number of benzene rings is 1. The fraction of sp³-hybridized carbons (Fsp3) is 0.714. The maximum absolute atomic E-state index is 12.6. The van der Waals surface area contributed by atoms with Crippen LogP contribution in [0.15, 0.2) is 24.3 Å². The van der Waals surface area contributed by atoms with Gasteiger partial charge in [-0.1, -0.05) is 95.8 Å². The van der Waals surface area contributed by atoms with E-state index in [-0.39, 0.29) is 24.9 Å². The number of nitrogens with one attached hydrogen (secondary N) is 2. The number of unbranched alkanes of at least 4 members (excludes halogenated alkanes) is 11. The highest BCUT2D eigenvalue weighted by Gasteiger charge is 2.12. The molecule has 0 saturated carbocycles. The fourth-order valence-corrected chi connectivity index (χ4v) is 3.91. The lowest BCUT2D eigenvalue weighted by molar-refractivity contribution is 0.0946. The Morgan fingerprint density at radius 2 is 1.31 bits per heavy atom. The van der Waals surface area contributed by atoms with Crippen molar-refractivity contribution in [3.8, 4) is 0 Å². The van der Waals surface area contributed by atoms with Crippen LogP contribution in [0.3, 0.4) is 0 Å². The Bertz CT molecular complexity index is 671. The van der Waals surface area contributed by atoms with Gasteiger partial charge in [0.2, 0.25) is 0 Å². The van der Waals surface area contributed by atoms with Crippen molar-refractivity contribution in [2.75, 3.05) is 33.7 Å². The van der Waals surface area contributed by atoms with Gasteiger partial charge >= 0.3 is 6.09 Å². The van der Waals surface area contributed by atoms with Crippen molar-refractivity contribution in [2.24, 2.45) is 0 Å². The average molecular weight is 512 g/mol. The first kappa shape index (κ1) is 33.2. The van der Waals surface area contributed by atoms with E-state index < -0.39 is 6.09 Å². The molecule has 1 aromatic carbocycles. The van der Waals surface area contributed by atoms with Crippen LogP contribution in [0.25, 0.3) is 0 Å². The lowest BCUT2D eigenvalue weighted by atomic mass is 10.1. The molecule has 0 aliphatic carbocycles. The number of carbonyl (C=O) groups excluding carboxylic acids is 2. The summed E-state index contributed by atoms with van der Waals surface area (Å²) in [6.45, 7) is 4.50. The fourth-order valence-electron chi connectivity index (χ4n) is 3.91. The Morgan fingerprint density at radius 3 is 1.91 bits per heavy atom. The van der Waals surface area contributed by atoms with E-state index in [2.05, 4.69) is 22.5 Å². The van der Waals surface area contributed by atoms with Crippen molar-refractivity contribution in [2.45, 2.75) is 97.0 Å². The van der Waals surface area contributed by atoms with Crippen LogP contribution in [0.5, 0.6) is 0 Å². The van der Waals surface area contributed by atoms with Crippen molar-refractivity contribution < 1.29 is 14.3 Å². The zero-order chi connectivity index (χ0) is 24.9. The summed E-state index contributed by atoms with van der Waals surface area (Å²) in [4.78, 5) is 26.6. The molecule has 0 atom stereocenters. The molecule has 0 heterocycles. The van der Waals surface area contributed by atoms with E-state index in [4.69, 9.17) is 4.74 Å². The number of halogens is 1. The van der Waals surface area contributed by atoms with Crippen LogP contribution < -0.4 is 10.6 Å². The molecule has 0 spiro atoms. The van der Waals surface area contributed by atoms with Crippen LogP contribution in [-0.2, 0) is 11.3 Å². The molecule has 0 radical (unpaired) electrons. The van der Waals surface area contributed by atoms with E-state index in [1.165, 1.54) is 64.2 Å². The largest absolute Gasteiger partial charge is 0.445 e. The third-order valence-electron chi connectivity index (χ3n) is 5.99. The number of hydrogen-bond donors (Lipinski definition) is 2. The molecule has 0 aromatic heterocycles. The normalized spacial score (nSPS) is 10.6. The lowest BCUT2D eigenvalue weighted by Gasteiger charge is -2.12. The Labute approximate surface area is 220 Å². The van der Waals surface area contributed by atoms with E-state index >= 15 is 0 Å². The molecular formula is C28H50ClN3O3. The second kappa shape index (κ2) is 22.7. The standard InChI is InChI=1S/C28H49N3O3.ClH/c1-4-5-6-7-8-9-10-11-12-13-14-17-21-29-27(32)26-20-16-15-19-25(26)24-34-28(33)30-22-18-23-31(2)3;/h15-16,19-20H,4-14,17-18,21-24H2,1-3H3,(H,29,32)(H,30,33);1H. The highest BCUT2D eigenvalue weighted by atomic mass is 35.5. The minimum Gasteiger partial charge on any atom is -0.445 e. The van der Waals surface area contributed by atoms with E-state index in [1.807, 2.05) is 32.3 Å². The van der Waals surface area contributed by atoms with Crippen LogP contribution in [0.4, 0.5) is 4.79 Å². The molecule has 0 bridgehead atoms. The Balaban J connectivity index is 0.0000116. The summed E-state index contributed by atoms with van der Waals surface area (Å²) in [7, 11) is 4.00. The summed E-state index contributed by atoms with van der Waals surface area (Å²) in [6.07, 6.45) is 16.0. The van der Waals surface area contributed by atoms with Gasteiger partial charge in [0.1, 0.15) is 6.61 Å². The molecule has 7 heteroatoms. The maximum Gasteiger partial charge on any atom is 0.407 e. The summed E-state index contributed by atoms with van der Waals surface area (Å²) >= 11 is 0. The minimum atomic E-state index is -0.453. The minimum absolute atomic E-state index is 0. The SMILES string of the molecule is CCCCCCCCCCCCCCNC(=O)c1ccccc1COC(=O)NCCCN(C)C.Cl. The molecule has 2 N–H and O–H groups in total. The zero-order valence-corrected chi connectivity index (χ0v) is 23.2. The predicted molar refractivity (Wildman–Crippen MR) is 148 cm³/mol. The van der Waals surface area contributed by atoms with Gasteiger partial charge in [0, 0.05) is 24.2 Å². The number of carbonyl (C=O) groups is 2. The first-order valence-corrected chi connectivity index (χ1v) is 13.5. The number of alkyl carbamates (subject to hydrolysis) is 1. The Hall–Kier alpha value is -1.79. The first-order valence-electron chi connectivity index (χ1n) is 13.5. The third-order valence-corrected chi connectivity index (χ3v) is 5.99. The molecule has 0 saturated heterocycles. The van der Waals surface area contributed by atoms with Gasteiger partial charge in [-0.05, 0) is 39.5 Å². The second-order valence-electron chi connectivity index (χ2n) is 9.46. The monoisotopic (exact) mass is 511 g/mol. The molecule has 202 valence electrons. The van der Waals surface area contributed by atoms with E-state index in [1.54, 1.807) is 6.07 Å². The molecule has 0 unspecified atom stereocenters. The first-order chi connectivity index (χ1) is 16.5. The molecule has 2 amide bonds. The molecule has 0 aliphatic rings. The maximum atomic E-state index is 12.6. The van der Waals surface area contributed by atoms with Gasteiger partial charge in [-0.25, -0.2) is 4.79 Å². The number of hydrogen-bond acceptors (Lipinski definition) is 4. The van der Waals surface area contributed by atoms with Crippen LogP contribution in [0.1, 0.15) is 106 Å². The van der Waals surface area contributed by atoms with Gasteiger partial charge < -0.3 is 20.3 Å². The van der Waals surface area contributed by atoms with Crippen LogP contribution in [0, 0.1) is 0 Å². The summed E-state index contributed by atoms with van der Waals surface area (Å²) in [5.41, 5.74) is 1.29. The highest BCUT2D eigenvalue weighted by Crippen LogP contribution is 2.13. The van der Waals surface area contributed by atoms with Gasteiger partial charge in [-0.15, -0.1) is 12.4 Å². The summed E-state index contributed by atoms with van der Waals surface area (Å²) in [6, 6.07) is 7.31. The average Bonchev–Trinajstić information content (AvgIpc) is 2.83. The van der Waals surface area contributed by atoms with Gasteiger partial charge in [0.05, 0.1) is 0 Å². The van der Waals surface area contributed by atoms with Crippen molar-refractivity contribution in [3.63, 3.8) is 0 Å². The Morgan fingerprint density at radius 1 is 0.771 bits per heavy atom. The van der Waals surface area contributed by atoms with Crippen molar-refractivity contribution in [3.05, 3.63) is 35.4 Å². The highest BCUT2D eigenvalue weighted by molar-refractivity contribution is 5.95. The molecule has 35 heavy (non-hydrogen) atoms. The Kier molecular flexibility index (Phi) is 21.5. The number of amides is 2. The van der Waals surface area contributed by atoms with Crippen LogP contribution >= 0.6 is 12.4 Å². The smallest absolute Gasteiger partial charge is 0.407 e.